The molecule has 1 saturated heterocycles. The molecule has 0 bridgehead atoms. The van der Waals surface area contributed by atoms with Gasteiger partial charge in [0.2, 0.25) is 0 Å². The molecule has 2 atom stereocenters. The van der Waals surface area contributed by atoms with E-state index in [0.717, 1.165) is 18.8 Å². The fraction of sp³-hybridized carbons (Fsp3) is 0.600. The highest BCUT2D eigenvalue weighted by molar-refractivity contribution is 9.10. The van der Waals surface area contributed by atoms with Gasteiger partial charge in [-0.15, -0.1) is 0 Å². The van der Waals surface area contributed by atoms with Crippen molar-refractivity contribution in [3.05, 3.63) is 21.0 Å². The third-order valence-electron chi connectivity index (χ3n) is 3.07. The highest BCUT2D eigenvalue weighted by Gasteiger charge is 2.28. The van der Waals surface area contributed by atoms with E-state index >= 15 is 0 Å². The Bertz CT molecular complexity index is 449. The lowest BCUT2D eigenvalue weighted by Gasteiger charge is -2.19. The first-order valence-electron chi connectivity index (χ1n) is 5.23. The van der Waals surface area contributed by atoms with Gasteiger partial charge in [0.15, 0.2) is 0 Å². The molecule has 2 unspecified atom stereocenters. The van der Waals surface area contributed by atoms with Gasteiger partial charge in [-0.1, -0.05) is 6.92 Å². The van der Waals surface area contributed by atoms with Crippen molar-refractivity contribution >= 4 is 21.6 Å². The van der Waals surface area contributed by atoms with Gasteiger partial charge in [0.05, 0.1) is 11.9 Å². The molecule has 5 nitrogen and oxygen atoms in total. The fourth-order valence-corrected chi connectivity index (χ4v) is 2.52. The number of aromatic nitrogens is 2. The van der Waals surface area contributed by atoms with Crippen molar-refractivity contribution in [3.8, 4) is 0 Å². The van der Waals surface area contributed by atoms with Crippen LogP contribution in [0.4, 0.5) is 5.69 Å². The van der Waals surface area contributed by atoms with Gasteiger partial charge in [0.1, 0.15) is 4.47 Å². The molecule has 0 amide bonds. The van der Waals surface area contributed by atoms with Crippen molar-refractivity contribution in [1.29, 1.82) is 0 Å². The molecule has 16 heavy (non-hydrogen) atoms. The number of aryl methyl sites for hydroxylation is 1. The van der Waals surface area contributed by atoms with E-state index in [1.165, 1.54) is 4.68 Å². The minimum atomic E-state index is -0.120. The maximum atomic E-state index is 11.7. The molecule has 0 radical (unpaired) electrons. The molecule has 88 valence electrons. The summed E-state index contributed by atoms with van der Waals surface area (Å²) in [5.74, 6) is 0.441. The lowest BCUT2D eigenvalue weighted by molar-refractivity contribution is 0.566. The largest absolute Gasteiger partial charge is 0.367 e. The van der Waals surface area contributed by atoms with Gasteiger partial charge < -0.3 is 10.6 Å². The Labute approximate surface area is 102 Å². The van der Waals surface area contributed by atoms with Crippen LogP contribution in [0, 0.1) is 5.92 Å². The molecule has 0 aromatic carbocycles. The van der Waals surface area contributed by atoms with Crippen LogP contribution in [0.25, 0.3) is 0 Å². The van der Waals surface area contributed by atoms with Gasteiger partial charge >= 0.3 is 0 Å². The van der Waals surface area contributed by atoms with Crippen LogP contribution >= 0.6 is 15.9 Å². The smallest absolute Gasteiger partial charge is 0.282 e. The zero-order chi connectivity index (χ0) is 11.9. The van der Waals surface area contributed by atoms with E-state index < -0.39 is 0 Å². The summed E-state index contributed by atoms with van der Waals surface area (Å²) in [5, 5.41) is 4.03. The summed E-state index contributed by atoms with van der Waals surface area (Å²) < 4.78 is 1.87. The van der Waals surface area contributed by atoms with Crippen LogP contribution < -0.4 is 16.2 Å². The number of halogens is 1. The van der Waals surface area contributed by atoms with E-state index in [4.69, 9.17) is 5.73 Å². The Morgan fingerprint density at radius 1 is 1.56 bits per heavy atom. The standard InChI is InChI=1S/C10H15BrN4O/c1-6-4-15(5-7(6)12)8-3-13-14(2)10(16)9(8)11/h3,6-7H,4-5,12H2,1-2H3. The molecule has 1 aromatic heterocycles. The zero-order valence-electron chi connectivity index (χ0n) is 9.35. The molecule has 6 heteroatoms. The lowest BCUT2D eigenvalue weighted by Crippen LogP contribution is -2.30. The van der Waals surface area contributed by atoms with Crippen LogP contribution in [0.15, 0.2) is 15.5 Å². The predicted molar refractivity (Wildman–Crippen MR) is 66.5 cm³/mol. The number of nitrogens with zero attached hydrogens (tertiary/aromatic N) is 3. The van der Waals surface area contributed by atoms with Gasteiger partial charge in [-0.05, 0) is 21.8 Å². The monoisotopic (exact) mass is 286 g/mol. The number of anilines is 1. The van der Waals surface area contributed by atoms with Crippen molar-refractivity contribution in [2.45, 2.75) is 13.0 Å². The van der Waals surface area contributed by atoms with Crippen molar-refractivity contribution in [2.75, 3.05) is 18.0 Å². The second kappa shape index (κ2) is 4.18. The van der Waals surface area contributed by atoms with E-state index in [9.17, 15) is 4.79 Å². The maximum Gasteiger partial charge on any atom is 0.282 e. The second-order valence-corrected chi connectivity index (χ2v) is 5.11. The summed E-state index contributed by atoms with van der Waals surface area (Å²) in [6.07, 6.45) is 1.70. The number of rotatable bonds is 1. The van der Waals surface area contributed by atoms with E-state index in [0.29, 0.717) is 10.4 Å². The van der Waals surface area contributed by atoms with Crippen molar-refractivity contribution < 1.29 is 0 Å². The molecule has 0 spiro atoms. The first-order valence-corrected chi connectivity index (χ1v) is 6.02. The number of nitrogens with two attached hydrogens (primary N) is 1. The molecule has 1 fully saturated rings. The summed E-state index contributed by atoms with van der Waals surface area (Å²) in [6, 6.07) is 0.163. The van der Waals surface area contributed by atoms with Crippen LogP contribution in [-0.4, -0.2) is 28.9 Å². The summed E-state index contributed by atoms with van der Waals surface area (Å²) in [5.41, 5.74) is 6.68. The van der Waals surface area contributed by atoms with E-state index in [-0.39, 0.29) is 11.6 Å². The van der Waals surface area contributed by atoms with E-state index in [2.05, 4.69) is 32.9 Å². The van der Waals surface area contributed by atoms with Crippen LogP contribution in [0.5, 0.6) is 0 Å². The van der Waals surface area contributed by atoms with E-state index in [1.54, 1.807) is 13.2 Å². The molecule has 2 rings (SSSR count). The first-order chi connectivity index (χ1) is 7.50. The third-order valence-corrected chi connectivity index (χ3v) is 3.82. The molecule has 2 N–H and O–H groups in total. The summed E-state index contributed by atoms with van der Waals surface area (Å²) in [7, 11) is 1.63. The predicted octanol–water partition coefficient (Wildman–Crippen LogP) is 0.326. The van der Waals surface area contributed by atoms with Gasteiger partial charge in [-0.3, -0.25) is 4.79 Å². The Morgan fingerprint density at radius 2 is 2.25 bits per heavy atom. The molecular formula is C10H15BrN4O. The van der Waals surface area contributed by atoms with Crippen molar-refractivity contribution in [3.63, 3.8) is 0 Å². The van der Waals surface area contributed by atoms with Crippen LogP contribution in [0.2, 0.25) is 0 Å². The van der Waals surface area contributed by atoms with Crippen LogP contribution in [-0.2, 0) is 7.05 Å². The molecule has 1 aromatic rings. The fourth-order valence-electron chi connectivity index (χ4n) is 1.91. The summed E-state index contributed by atoms with van der Waals surface area (Å²) in [6.45, 7) is 3.76. The zero-order valence-corrected chi connectivity index (χ0v) is 10.9. The first kappa shape index (κ1) is 11.6. The Balaban J connectivity index is 2.36. The molecule has 0 saturated carbocycles. The average molecular weight is 287 g/mol. The second-order valence-electron chi connectivity index (χ2n) is 4.32. The molecule has 1 aliphatic heterocycles. The topological polar surface area (TPSA) is 64.2 Å². The Morgan fingerprint density at radius 3 is 2.81 bits per heavy atom. The number of hydrogen-bond acceptors (Lipinski definition) is 4. The highest BCUT2D eigenvalue weighted by Crippen LogP contribution is 2.26. The Kier molecular flexibility index (Phi) is 3.03. The summed E-state index contributed by atoms with van der Waals surface area (Å²) in [4.78, 5) is 13.8. The Hall–Kier alpha value is -0.880. The minimum absolute atomic E-state index is 0.120. The van der Waals surface area contributed by atoms with Gasteiger partial charge in [-0.2, -0.15) is 5.10 Å². The number of hydrogen-bond donors (Lipinski definition) is 1. The quantitative estimate of drug-likeness (QED) is 0.808. The maximum absolute atomic E-state index is 11.7. The lowest BCUT2D eigenvalue weighted by atomic mass is 10.1. The van der Waals surface area contributed by atoms with Crippen LogP contribution in [0.1, 0.15) is 6.92 Å². The van der Waals surface area contributed by atoms with Gasteiger partial charge in [0, 0.05) is 26.2 Å². The van der Waals surface area contributed by atoms with Crippen molar-refractivity contribution in [2.24, 2.45) is 18.7 Å². The minimum Gasteiger partial charge on any atom is -0.367 e. The normalized spacial score (nSPS) is 25.1. The van der Waals surface area contributed by atoms with Gasteiger partial charge in [0.25, 0.3) is 5.56 Å². The molecule has 2 heterocycles. The summed E-state index contributed by atoms with van der Waals surface area (Å²) >= 11 is 3.33. The third kappa shape index (κ3) is 1.87. The highest BCUT2D eigenvalue weighted by atomic mass is 79.9. The molecule has 0 aliphatic carbocycles. The molecular weight excluding hydrogens is 272 g/mol. The van der Waals surface area contributed by atoms with Crippen LogP contribution in [0.3, 0.4) is 0 Å². The average Bonchev–Trinajstić information content (AvgIpc) is 2.56. The van der Waals surface area contributed by atoms with Crippen molar-refractivity contribution in [1.82, 2.24) is 9.78 Å². The van der Waals surface area contributed by atoms with Gasteiger partial charge in [-0.25, -0.2) is 4.68 Å². The SMILES string of the molecule is CC1CN(c2cnn(C)c(=O)c2Br)CC1N. The molecule has 1 aliphatic rings. The van der Waals surface area contributed by atoms with E-state index in [1.807, 2.05) is 0 Å².